The maximum Gasteiger partial charge on any atom is 0.126 e. The molecule has 20 heavy (non-hydrogen) atoms. The van der Waals surface area contributed by atoms with Gasteiger partial charge in [-0.3, -0.25) is 0 Å². The number of fused-ring (bicyclic) bond motifs is 1. The summed E-state index contributed by atoms with van der Waals surface area (Å²) in [5, 5.41) is 3.14. The summed E-state index contributed by atoms with van der Waals surface area (Å²) < 4.78 is 32.5. The minimum atomic E-state index is -0.563. The third-order valence-corrected chi connectivity index (χ3v) is 3.69. The van der Waals surface area contributed by atoms with E-state index in [1.54, 1.807) is 7.05 Å². The molecule has 0 radical (unpaired) electrons. The number of rotatable bonds is 3. The van der Waals surface area contributed by atoms with Gasteiger partial charge in [0.2, 0.25) is 0 Å². The molecule has 2 atom stereocenters. The van der Waals surface area contributed by atoms with Gasteiger partial charge in [0, 0.05) is 23.6 Å². The van der Waals surface area contributed by atoms with Crippen LogP contribution in [0.15, 0.2) is 42.5 Å². The van der Waals surface area contributed by atoms with E-state index in [0.29, 0.717) is 12.2 Å². The van der Waals surface area contributed by atoms with Crippen molar-refractivity contribution in [1.82, 2.24) is 5.32 Å². The molecule has 4 heteroatoms. The summed E-state index contributed by atoms with van der Waals surface area (Å²) in [5.74, 6) is -0.244. The highest BCUT2D eigenvalue weighted by Crippen LogP contribution is 2.41. The van der Waals surface area contributed by atoms with E-state index >= 15 is 0 Å². The molecule has 2 nitrogen and oxygen atoms in total. The summed E-state index contributed by atoms with van der Waals surface area (Å²) in [6.07, 6.45) is 0. The minimum absolute atomic E-state index is 0.0393. The molecule has 1 heterocycles. The zero-order chi connectivity index (χ0) is 14.1. The molecule has 0 spiro atoms. The number of halogens is 2. The molecule has 0 aromatic heterocycles. The number of ether oxygens (including phenoxy) is 1. The predicted octanol–water partition coefficient (Wildman–Crippen LogP) is 3.40. The van der Waals surface area contributed by atoms with Crippen molar-refractivity contribution in [2.24, 2.45) is 0 Å². The fourth-order valence-electron chi connectivity index (χ4n) is 2.82. The van der Waals surface area contributed by atoms with Crippen molar-refractivity contribution in [2.45, 2.75) is 12.0 Å². The van der Waals surface area contributed by atoms with Crippen LogP contribution in [-0.4, -0.2) is 13.7 Å². The summed E-state index contributed by atoms with van der Waals surface area (Å²) in [6, 6.07) is 11.2. The van der Waals surface area contributed by atoms with Gasteiger partial charge in [-0.1, -0.05) is 18.2 Å². The van der Waals surface area contributed by atoms with Crippen LogP contribution in [0.2, 0.25) is 0 Å². The molecule has 0 saturated carbocycles. The standard InChI is InChI=1S/C16H15F2NO/c1-19-16(10-6-11(17)8-12(18)7-10)14-9-20-15-5-3-2-4-13(14)15/h2-8,14,16,19H,9H2,1H3. The highest BCUT2D eigenvalue weighted by Gasteiger charge is 2.31. The minimum Gasteiger partial charge on any atom is -0.493 e. The van der Waals surface area contributed by atoms with Gasteiger partial charge in [0.15, 0.2) is 0 Å². The Morgan fingerprint density at radius 2 is 1.85 bits per heavy atom. The van der Waals surface area contributed by atoms with E-state index in [9.17, 15) is 8.78 Å². The van der Waals surface area contributed by atoms with Gasteiger partial charge < -0.3 is 10.1 Å². The molecule has 0 bridgehead atoms. The Balaban J connectivity index is 1.99. The molecule has 1 N–H and O–H groups in total. The molecule has 1 aliphatic rings. The lowest BCUT2D eigenvalue weighted by Gasteiger charge is -2.23. The van der Waals surface area contributed by atoms with E-state index in [1.165, 1.54) is 12.1 Å². The van der Waals surface area contributed by atoms with Gasteiger partial charge in [-0.25, -0.2) is 8.78 Å². The summed E-state index contributed by atoms with van der Waals surface area (Å²) in [4.78, 5) is 0. The smallest absolute Gasteiger partial charge is 0.126 e. The van der Waals surface area contributed by atoms with E-state index in [4.69, 9.17) is 4.74 Å². The maximum absolute atomic E-state index is 13.4. The molecule has 104 valence electrons. The third-order valence-electron chi connectivity index (χ3n) is 3.69. The lowest BCUT2D eigenvalue weighted by atomic mass is 9.88. The van der Waals surface area contributed by atoms with Crippen LogP contribution in [0.25, 0.3) is 0 Å². The average molecular weight is 275 g/mol. The Hall–Kier alpha value is -1.94. The Morgan fingerprint density at radius 1 is 1.15 bits per heavy atom. The van der Waals surface area contributed by atoms with Crippen LogP contribution in [0.4, 0.5) is 8.78 Å². The first-order chi connectivity index (χ1) is 9.69. The predicted molar refractivity (Wildman–Crippen MR) is 72.8 cm³/mol. The van der Waals surface area contributed by atoms with Gasteiger partial charge in [0.1, 0.15) is 17.4 Å². The zero-order valence-corrected chi connectivity index (χ0v) is 11.1. The fraction of sp³-hybridized carbons (Fsp3) is 0.250. The quantitative estimate of drug-likeness (QED) is 0.927. The van der Waals surface area contributed by atoms with Crippen molar-refractivity contribution in [3.63, 3.8) is 0 Å². The Morgan fingerprint density at radius 3 is 2.55 bits per heavy atom. The summed E-state index contributed by atoms with van der Waals surface area (Å²) in [5.41, 5.74) is 1.66. The van der Waals surface area contributed by atoms with E-state index in [-0.39, 0.29) is 12.0 Å². The van der Waals surface area contributed by atoms with Crippen LogP contribution >= 0.6 is 0 Å². The topological polar surface area (TPSA) is 21.3 Å². The number of benzene rings is 2. The van der Waals surface area contributed by atoms with Crippen molar-refractivity contribution >= 4 is 0 Å². The van der Waals surface area contributed by atoms with Crippen LogP contribution in [0.3, 0.4) is 0 Å². The van der Waals surface area contributed by atoms with Crippen LogP contribution < -0.4 is 10.1 Å². The van der Waals surface area contributed by atoms with E-state index in [2.05, 4.69) is 5.32 Å². The number of para-hydroxylation sites is 1. The molecule has 3 rings (SSSR count). The van der Waals surface area contributed by atoms with E-state index in [0.717, 1.165) is 17.4 Å². The monoisotopic (exact) mass is 275 g/mol. The zero-order valence-electron chi connectivity index (χ0n) is 11.1. The van der Waals surface area contributed by atoms with Gasteiger partial charge in [0.05, 0.1) is 6.61 Å². The second-order valence-corrected chi connectivity index (χ2v) is 4.92. The SMILES string of the molecule is CNC(c1cc(F)cc(F)c1)C1COc2ccccc21. The van der Waals surface area contributed by atoms with Gasteiger partial charge in [-0.15, -0.1) is 0 Å². The average Bonchev–Trinajstić information content (AvgIpc) is 2.83. The van der Waals surface area contributed by atoms with Crippen molar-refractivity contribution in [3.8, 4) is 5.75 Å². The van der Waals surface area contributed by atoms with Gasteiger partial charge in [-0.2, -0.15) is 0 Å². The number of hydrogen-bond donors (Lipinski definition) is 1. The van der Waals surface area contributed by atoms with Crippen molar-refractivity contribution in [1.29, 1.82) is 0 Å². The molecule has 0 amide bonds. The highest BCUT2D eigenvalue weighted by molar-refractivity contribution is 5.42. The van der Waals surface area contributed by atoms with Crippen LogP contribution in [-0.2, 0) is 0 Å². The first-order valence-corrected chi connectivity index (χ1v) is 6.54. The molecule has 0 aliphatic carbocycles. The Kier molecular flexibility index (Phi) is 3.40. The van der Waals surface area contributed by atoms with E-state index < -0.39 is 11.6 Å². The molecule has 2 aromatic rings. The second-order valence-electron chi connectivity index (χ2n) is 4.92. The van der Waals surface area contributed by atoms with Crippen molar-refractivity contribution < 1.29 is 13.5 Å². The van der Waals surface area contributed by atoms with Crippen LogP contribution in [0.5, 0.6) is 5.75 Å². The lowest BCUT2D eigenvalue weighted by molar-refractivity contribution is 0.304. The third kappa shape index (κ3) is 2.27. The summed E-state index contributed by atoms with van der Waals surface area (Å²) >= 11 is 0. The van der Waals surface area contributed by atoms with Gasteiger partial charge in [0.25, 0.3) is 0 Å². The molecule has 0 fully saturated rings. The lowest BCUT2D eigenvalue weighted by Crippen LogP contribution is -2.25. The van der Waals surface area contributed by atoms with Gasteiger partial charge >= 0.3 is 0 Å². The number of hydrogen-bond acceptors (Lipinski definition) is 2. The molecular weight excluding hydrogens is 260 g/mol. The highest BCUT2D eigenvalue weighted by atomic mass is 19.1. The largest absolute Gasteiger partial charge is 0.493 e. The molecule has 1 aliphatic heterocycles. The normalized spacial score (nSPS) is 18.4. The first kappa shape index (κ1) is 13.1. The fourth-order valence-corrected chi connectivity index (χ4v) is 2.82. The summed E-state index contributed by atoms with van der Waals surface area (Å²) in [7, 11) is 1.79. The van der Waals surface area contributed by atoms with Crippen LogP contribution in [0.1, 0.15) is 23.1 Å². The number of likely N-dealkylation sites (N-methyl/N-ethyl adjacent to an activating group) is 1. The van der Waals surface area contributed by atoms with Crippen LogP contribution in [0, 0.1) is 11.6 Å². The molecule has 2 aromatic carbocycles. The number of nitrogens with one attached hydrogen (secondary N) is 1. The Bertz CT molecular complexity index is 609. The van der Waals surface area contributed by atoms with Crippen molar-refractivity contribution in [2.75, 3.05) is 13.7 Å². The maximum atomic E-state index is 13.4. The first-order valence-electron chi connectivity index (χ1n) is 6.54. The van der Waals surface area contributed by atoms with Gasteiger partial charge in [-0.05, 0) is 30.8 Å². The summed E-state index contributed by atoms with van der Waals surface area (Å²) in [6.45, 7) is 0.503. The molecule has 2 unspecified atom stereocenters. The Labute approximate surface area is 116 Å². The molecular formula is C16H15F2NO. The van der Waals surface area contributed by atoms with E-state index in [1.807, 2.05) is 24.3 Å². The molecule has 0 saturated heterocycles. The second kappa shape index (κ2) is 5.21. The van der Waals surface area contributed by atoms with Crippen molar-refractivity contribution in [3.05, 3.63) is 65.2 Å².